The first-order chi connectivity index (χ1) is 13.1. The van der Waals surface area contributed by atoms with Crippen LogP contribution in [-0.4, -0.2) is 29.6 Å². The van der Waals surface area contributed by atoms with Crippen molar-refractivity contribution >= 4 is 21.8 Å². The van der Waals surface area contributed by atoms with Crippen molar-refractivity contribution in [2.45, 2.75) is 37.7 Å². The maximum atomic E-state index is 12.9. The van der Waals surface area contributed by atoms with E-state index < -0.39 is 29.4 Å². The van der Waals surface area contributed by atoms with Gasteiger partial charge in [-0.1, -0.05) is 22.9 Å². The summed E-state index contributed by atoms with van der Waals surface area (Å²) in [6.07, 6.45) is -3.98. The van der Waals surface area contributed by atoms with Crippen LogP contribution in [0.3, 0.4) is 0 Å². The SMILES string of the molecule is CCC(N)(C1Cc2cc(Br)ccc2O1)N(C)C(=O)c1ccc(C(F)(F)F)cc1. The topological polar surface area (TPSA) is 55.6 Å². The maximum absolute atomic E-state index is 12.9. The molecule has 28 heavy (non-hydrogen) atoms. The molecule has 1 aliphatic heterocycles. The summed E-state index contributed by atoms with van der Waals surface area (Å²) in [5.41, 5.74) is 5.79. The van der Waals surface area contributed by atoms with E-state index in [9.17, 15) is 18.0 Å². The fourth-order valence-electron chi connectivity index (χ4n) is 3.36. The van der Waals surface area contributed by atoms with Gasteiger partial charge in [-0.3, -0.25) is 4.79 Å². The highest BCUT2D eigenvalue weighted by molar-refractivity contribution is 9.10. The number of carbonyl (C=O) groups excluding carboxylic acids is 1. The Morgan fingerprint density at radius 1 is 1.25 bits per heavy atom. The number of hydrogen-bond acceptors (Lipinski definition) is 3. The molecule has 0 saturated carbocycles. The standard InChI is InChI=1S/C20H20BrF3N2O2/c1-3-19(25,17-11-13-10-15(21)8-9-16(13)28-17)26(2)18(27)12-4-6-14(7-5-12)20(22,23)24/h4-10,17H,3,11,25H2,1-2H3. The van der Waals surface area contributed by atoms with Crippen LogP contribution in [0.2, 0.25) is 0 Å². The third-order valence-corrected chi connectivity index (χ3v) is 5.70. The summed E-state index contributed by atoms with van der Waals surface area (Å²) < 4.78 is 45.2. The average molecular weight is 457 g/mol. The summed E-state index contributed by atoms with van der Waals surface area (Å²) in [5, 5.41) is 0. The molecule has 0 radical (unpaired) electrons. The normalized spacial score (nSPS) is 18.2. The number of hydrogen-bond donors (Lipinski definition) is 1. The first-order valence-electron chi connectivity index (χ1n) is 8.75. The second kappa shape index (κ2) is 7.40. The van der Waals surface area contributed by atoms with E-state index in [1.54, 1.807) is 7.05 Å². The van der Waals surface area contributed by atoms with Crippen LogP contribution in [0.15, 0.2) is 46.9 Å². The van der Waals surface area contributed by atoms with Crippen molar-refractivity contribution in [1.29, 1.82) is 0 Å². The monoisotopic (exact) mass is 456 g/mol. The molecule has 0 aliphatic carbocycles. The molecule has 1 aliphatic rings. The van der Waals surface area contributed by atoms with Gasteiger partial charge in [-0.25, -0.2) is 0 Å². The summed E-state index contributed by atoms with van der Waals surface area (Å²) in [4.78, 5) is 14.3. The minimum Gasteiger partial charge on any atom is -0.486 e. The van der Waals surface area contributed by atoms with Gasteiger partial charge in [-0.05, 0) is 54.4 Å². The fraction of sp³-hybridized carbons (Fsp3) is 0.350. The molecule has 2 aromatic carbocycles. The van der Waals surface area contributed by atoms with Gasteiger partial charge in [0.2, 0.25) is 0 Å². The Hall–Kier alpha value is -2.06. The van der Waals surface area contributed by atoms with Crippen LogP contribution in [0.4, 0.5) is 13.2 Å². The number of halogens is 4. The second-order valence-electron chi connectivity index (χ2n) is 6.85. The Bertz CT molecular complexity index is 886. The predicted octanol–water partition coefficient (Wildman–Crippen LogP) is 4.61. The molecule has 2 aromatic rings. The Labute approximate surface area is 169 Å². The lowest BCUT2D eigenvalue weighted by Gasteiger charge is -2.41. The zero-order chi connectivity index (χ0) is 20.7. The number of nitrogens with two attached hydrogens (primary N) is 1. The molecule has 0 spiro atoms. The lowest BCUT2D eigenvalue weighted by atomic mass is 9.94. The van der Waals surface area contributed by atoms with E-state index in [0.717, 1.165) is 22.2 Å². The van der Waals surface area contributed by atoms with Gasteiger partial charge in [0.15, 0.2) is 0 Å². The quantitative estimate of drug-likeness (QED) is 0.683. The van der Waals surface area contributed by atoms with Gasteiger partial charge in [-0.2, -0.15) is 13.2 Å². The molecule has 2 unspecified atom stereocenters. The average Bonchev–Trinajstić information content (AvgIpc) is 3.09. The molecule has 4 nitrogen and oxygen atoms in total. The van der Waals surface area contributed by atoms with Gasteiger partial charge in [-0.15, -0.1) is 0 Å². The van der Waals surface area contributed by atoms with E-state index in [0.29, 0.717) is 18.6 Å². The molecule has 0 saturated heterocycles. The highest BCUT2D eigenvalue weighted by Gasteiger charge is 2.44. The zero-order valence-electron chi connectivity index (χ0n) is 15.4. The number of carbonyl (C=O) groups is 1. The van der Waals surface area contributed by atoms with Crippen molar-refractivity contribution < 1.29 is 22.7 Å². The minimum atomic E-state index is -4.45. The molecule has 0 bridgehead atoms. The van der Waals surface area contributed by atoms with Gasteiger partial charge >= 0.3 is 6.18 Å². The van der Waals surface area contributed by atoms with E-state index in [2.05, 4.69) is 15.9 Å². The van der Waals surface area contributed by atoms with Crippen LogP contribution in [0.25, 0.3) is 0 Å². The van der Waals surface area contributed by atoms with Crippen LogP contribution in [-0.2, 0) is 12.6 Å². The lowest BCUT2D eigenvalue weighted by molar-refractivity contribution is -0.137. The van der Waals surface area contributed by atoms with Gasteiger partial charge in [0.1, 0.15) is 17.5 Å². The van der Waals surface area contributed by atoms with Crippen molar-refractivity contribution in [1.82, 2.24) is 4.90 Å². The molecule has 1 heterocycles. The summed E-state index contributed by atoms with van der Waals surface area (Å²) in [6.45, 7) is 1.85. The van der Waals surface area contributed by atoms with E-state index in [4.69, 9.17) is 10.5 Å². The number of ether oxygens (including phenoxy) is 1. The smallest absolute Gasteiger partial charge is 0.416 e. The third kappa shape index (κ3) is 3.75. The molecule has 2 atom stereocenters. The van der Waals surface area contributed by atoms with Crippen LogP contribution < -0.4 is 10.5 Å². The van der Waals surface area contributed by atoms with E-state index >= 15 is 0 Å². The van der Waals surface area contributed by atoms with E-state index in [1.807, 2.05) is 25.1 Å². The van der Waals surface area contributed by atoms with Crippen LogP contribution in [0, 0.1) is 0 Å². The number of amides is 1. The number of benzene rings is 2. The van der Waals surface area contributed by atoms with Gasteiger partial charge in [0, 0.05) is 23.5 Å². The largest absolute Gasteiger partial charge is 0.486 e. The van der Waals surface area contributed by atoms with Crippen LogP contribution in [0.5, 0.6) is 5.75 Å². The molecule has 2 N–H and O–H groups in total. The molecular formula is C20H20BrF3N2O2. The Morgan fingerprint density at radius 2 is 1.89 bits per heavy atom. The Balaban J connectivity index is 1.82. The predicted molar refractivity (Wildman–Crippen MR) is 103 cm³/mol. The lowest BCUT2D eigenvalue weighted by Crippen LogP contribution is -2.64. The van der Waals surface area contributed by atoms with Gasteiger partial charge < -0.3 is 15.4 Å². The second-order valence-corrected chi connectivity index (χ2v) is 7.76. The molecule has 150 valence electrons. The number of alkyl halides is 3. The fourth-order valence-corrected chi connectivity index (χ4v) is 3.77. The number of likely N-dealkylation sites (N-methyl/N-ethyl adjacent to an activating group) is 1. The van der Waals surface area contributed by atoms with Gasteiger partial charge in [0.05, 0.1) is 5.56 Å². The van der Waals surface area contributed by atoms with Gasteiger partial charge in [0.25, 0.3) is 5.91 Å². The van der Waals surface area contributed by atoms with Crippen LogP contribution >= 0.6 is 15.9 Å². The summed E-state index contributed by atoms with van der Waals surface area (Å²) in [7, 11) is 1.55. The maximum Gasteiger partial charge on any atom is 0.416 e. The summed E-state index contributed by atoms with van der Waals surface area (Å²) in [5.74, 6) is 0.255. The number of rotatable bonds is 4. The first-order valence-corrected chi connectivity index (χ1v) is 9.55. The molecular weight excluding hydrogens is 437 g/mol. The molecule has 1 amide bonds. The zero-order valence-corrected chi connectivity index (χ0v) is 17.0. The highest BCUT2D eigenvalue weighted by Crippen LogP contribution is 2.36. The molecule has 3 rings (SSSR count). The minimum absolute atomic E-state index is 0.136. The third-order valence-electron chi connectivity index (χ3n) is 5.21. The van der Waals surface area contributed by atoms with Crippen molar-refractivity contribution in [2.75, 3.05) is 7.05 Å². The molecule has 0 fully saturated rings. The van der Waals surface area contributed by atoms with Crippen molar-refractivity contribution in [2.24, 2.45) is 5.73 Å². The van der Waals surface area contributed by atoms with Crippen molar-refractivity contribution in [3.05, 3.63) is 63.6 Å². The van der Waals surface area contributed by atoms with Crippen molar-refractivity contribution in [3.63, 3.8) is 0 Å². The summed E-state index contributed by atoms with van der Waals surface area (Å²) in [6, 6.07) is 9.77. The molecule has 0 aromatic heterocycles. The van der Waals surface area contributed by atoms with E-state index in [-0.39, 0.29) is 5.56 Å². The van der Waals surface area contributed by atoms with Crippen molar-refractivity contribution in [3.8, 4) is 5.75 Å². The number of fused-ring (bicyclic) bond motifs is 1. The highest BCUT2D eigenvalue weighted by atomic mass is 79.9. The Kier molecular flexibility index (Phi) is 5.46. The van der Waals surface area contributed by atoms with Crippen LogP contribution in [0.1, 0.15) is 34.8 Å². The molecule has 8 heteroatoms. The number of nitrogens with zero attached hydrogens (tertiary/aromatic N) is 1. The summed E-state index contributed by atoms with van der Waals surface area (Å²) >= 11 is 3.42. The van der Waals surface area contributed by atoms with E-state index in [1.165, 1.54) is 17.0 Å². The first kappa shape index (κ1) is 20.7. The Morgan fingerprint density at radius 3 is 2.46 bits per heavy atom.